The van der Waals surface area contributed by atoms with E-state index in [0.717, 1.165) is 12.8 Å². The molecule has 0 spiro atoms. The predicted octanol–water partition coefficient (Wildman–Crippen LogP) is 5.90. The lowest BCUT2D eigenvalue weighted by atomic mass is 10.1. The van der Waals surface area contributed by atoms with E-state index in [1.54, 1.807) is 24.3 Å². The van der Waals surface area contributed by atoms with Gasteiger partial charge in [0.2, 0.25) is 11.8 Å². The first kappa shape index (κ1) is 22.7. The predicted molar refractivity (Wildman–Crippen MR) is 113 cm³/mol. The van der Waals surface area contributed by atoms with E-state index < -0.39 is 0 Å². The highest BCUT2D eigenvalue weighted by Gasteiger charge is 2.12. The Labute approximate surface area is 173 Å². The third-order valence-corrected chi connectivity index (χ3v) is 4.43. The monoisotopic (exact) mass is 400 g/mol. The Kier molecular flexibility index (Phi) is 10.6. The summed E-state index contributed by atoms with van der Waals surface area (Å²) in [5.74, 6) is 1.30. The minimum absolute atomic E-state index is 0.0401. The summed E-state index contributed by atoms with van der Waals surface area (Å²) in [5.41, 5.74) is 0.567. The van der Waals surface area contributed by atoms with E-state index >= 15 is 0 Å². The second-order valence-corrected chi connectivity index (χ2v) is 6.81. The highest BCUT2D eigenvalue weighted by molar-refractivity contribution is 6.06. The SMILES string of the molecule is CCCCCCCCC=CC(=O)C1=CCOC(N=NC2=CC(OCC)=CCO2)=C1. The van der Waals surface area contributed by atoms with Crippen LogP contribution in [0.2, 0.25) is 0 Å². The van der Waals surface area contributed by atoms with E-state index in [1.165, 1.54) is 32.1 Å². The van der Waals surface area contributed by atoms with Crippen LogP contribution < -0.4 is 0 Å². The Morgan fingerprint density at radius 3 is 2.45 bits per heavy atom. The average Bonchev–Trinajstić information content (AvgIpc) is 2.75. The van der Waals surface area contributed by atoms with Gasteiger partial charge >= 0.3 is 0 Å². The summed E-state index contributed by atoms with van der Waals surface area (Å²) in [5, 5.41) is 8.09. The molecule has 2 aliphatic heterocycles. The number of carbonyl (C=O) groups is 1. The molecule has 0 unspecified atom stereocenters. The molecule has 2 rings (SSSR count). The first-order valence-corrected chi connectivity index (χ1v) is 10.6. The van der Waals surface area contributed by atoms with Gasteiger partial charge < -0.3 is 14.2 Å². The van der Waals surface area contributed by atoms with E-state index in [-0.39, 0.29) is 11.7 Å². The smallest absolute Gasteiger partial charge is 0.237 e. The van der Waals surface area contributed by atoms with Crippen LogP contribution >= 0.6 is 0 Å². The van der Waals surface area contributed by atoms with E-state index in [0.29, 0.717) is 37.0 Å². The molecule has 0 aliphatic carbocycles. The lowest BCUT2D eigenvalue weighted by molar-refractivity contribution is -0.111. The zero-order valence-corrected chi connectivity index (χ0v) is 17.6. The number of hydrogen-bond donors (Lipinski definition) is 0. The molecule has 158 valence electrons. The van der Waals surface area contributed by atoms with E-state index in [4.69, 9.17) is 14.2 Å². The topological polar surface area (TPSA) is 69.5 Å². The van der Waals surface area contributed by atoms with Gasteiger partial charge in [-0.05, 0) is 38.0 Å². The maximum atomic E-state index is 12.4. The van der Waals surface area contributed by atoms with Crippen LogP contribution in [0.5, 0.6) is 0 Å². The maximum absolute atomic E-state index is 12.4. The van der Waals surface area contributed by atoms with Crippen molar-refractivity contribution >= 4 is 5.78 Å². The number of unbranched alkanes of at least 4 members (excludes halogenated alkanes) is 6. The highest BCUT2D eigenvalue weighted by Crippen LogP contribution is 2.18. The summed E-state index contributed by atoms with van der Waals surface area (Å²) in [4.78, 5) is 12.4. The number of ether oxygens (including phenoxy) is 3. The van der Waals surface area contributed by atoms with Crippen LogP contribution in [0.3, 0.4) is 0 Å². The number of ketones is 1. The number of allylic oxidation sites excluding steroid dienone is 5. The molecule has 2 aliphatic rings. The van der Waals surface area contributed by atoms with Crippen LogP contribution in [0.4, 0.5) is 0 Å². The number of rotatable bonds is 13. The molecule has 0 radical (unpaired) electrons. The fourth-order valence-corrected chi connectivity index (χ4v) is 2.86. The number of azo groups is 1. The standard InChI is InChI=1S/C23H32N2O4/c1-3-5-6-7-8-9-10-11-12-21(26)19-13-15-28-22(17-19)24-25-23-18-20(27-4-2)14-16-29-23/h11-14,17-18H,3-10,15-16H2,1-2H3. The first-order valence-electron chi connectivity index (χ1n) is 10.6. The molecule has 0 N–H and O–H groups in total. The van der Waals surface area contributed by atoms with Crippen molar-refractivity contribution in [1.29, 1.82) is 0 Å². The molecule has 2 heterocycles. The number of hydrogen-bond acceptors (Lipinski definition) is 6. The second-order valence-electron chi connectivity index (χ2n) is 6.81. The third kappa shape index (κ3) is 8.94. The summed E-state index contributed by atoms with van der Waals surface area (Å²) < 4.78 is 16.3. The van der Waals surface area contributed by atoms with Crippen molar-refractivity contribution in [3.8, 4) is 0 Å². The van der Waals surface area contributed by atoms with Gasteiger partial charge in [0.05, 0.1) is 6.61 Å². The molecule has 0 saturated heterocycles. The maximum Gasteiger partial charge on any atom is 0.237 e. The molecule has 6 nitrogen and oxygen atoms in total. The van der Waals surface area contributed by atoms with Crippen LogP contribution in [0.15, 0.2) is 69.8 Å². The van der Waals surface area contributed by atoms with Gasteiger partial charge in [-0.1, -0.05) is 45.1 Å². The van der Waals surface area contributed by atoms with Gasteiger partial charge in [-0.3, -0.25) is 4.79 Å². The molecule has 0 aromatic carbocycles. The Balaban J connectivity index is 1.80. The summed E-state index contributed by atoms with van der Waals surface area (Å²) in [6, 6.07) is 0. The summed E-state index contributed by atoms with van der Waals surface area (Å²) in [6.07, 6.45) is 18.9. The lowest BCUT2D eigenvalue weighted by Gasteiger charge is -2.12. The molecule has 0 saturated carbocycles. The van der Waals surface area contributed by atoms with E-state index in [9.17, 15) is 4.79 Å². The van der Waals surface area contributed by atoms with Gasteiger partial charge in [0, 0.05) is 17.7 Å². The van der Waals surface area contributed by atoms with Crippen molar-refractivity contribution in [3.63, 3.8) is 0 Å². The van der Waals surface area contributed by atoms with Gasteiger partial charge in [0.1, 0.15) is 19.0 Å². The third-order valence-electron chi connectivity index (χ3n) is 4.43. The largest absolute Gasteiger partial charge is 0.494 e. The van der Waals surface area contributed by atoms with Crippen molar-refractivity contribution in [3.05, 3.63) is 59.6 Å². The van der Waals surface area contributed by atoms with E-state index in [1.807, 2.05) is 19.1 Å². The quantitative estimate of drug-likeness (QED) is 0.219. The zero-order valence-electron chi connectivity index (χ0n) is 17.6. The Morgan fingerprint density at radius 2 is 1.69 bits per heavy atom. The fraction of sp³-hybridized carbons (Fsp3) is 0.522. The lowest BCUT2D eigenvalue weighted by Crippen LogP contribution is -2.05. The molecule has 0 aromatic heterocycles. The minimum atomic E-state index is -0.0401. The molecule has 0 aromatic rings. The molecule has 29 heavy (non-hydrogen) atoms. The van der Waals surface area contributed by atoms with E-state index in [2.05, 4.69) is 17.2 Å². The molecular formula is C23H32N2O4. The Hall–Kier alpha value is -2.63. The molecule has 0 atom stereocenters. The Morgan fingerprint density at radius 1 is 1.00 bits per heavy atom. The van der Waals surface area contributed by atoms with Gasteiger partial charge in [0.25, 0.3) is 0 Å². The van der Waals surface area contributed by atoms with Gasteiger partial charge in [-0.25, -0.2) is 0 Å². The van der Waals surface area contributed by atoms with Gasteiger partial charge in [0.15, 0.2) is 5.78 Å². The minimum Gasteiger partial charge on any atom is -0.494 e. The number of nitrogens with zero attached hydrogens (tertiary/aromatic N) is 2. The van der Waals surface area contributed by atoms with Crippen molar-refractivity contribution in [2.45, 2.75) is 58.8 Å². The van der Waals surface area contributed by atoms with Crippen LogP contribution in [0, 0.1) is 0 Å². The summed E-state index contributed by atoms with van der Waals surface area (Å²) in [6.45, 7) is 5.38. The highest BCUT2D eigenvalue weighted by atomic mass is 16.5. The normalized spacial score (nSPS) is 16.6. The molecule has 0 fully saturated rings. The zero-order chi connectivity index (χ0) is 20.7. The second kappa shape index (κ2) is 13.5. The van der Waals surface area contributed by atoms with Gasteiger partial charge in [-0.2, -0.15) is 0 Å². The van der Waals surface area contributed by atoms with Crippen molar-refractivity contribution in [1.82, 2.24) is 0 Å². The van der Waals surface area contributed by atoms with Crippen LogP contribution in [-0.4, -0.2) is 25.6 Å². The number of carbonyl (C=O) groups excluding carboxylic acids is 1. The molecule has 6 heteroatoms. The first-order chi connectivity index (χ1) is 14.2. The van der Waals surface area contributed by atoms with Gasteiger partial charge in [-0.15, -0.1) is 10.2 Å². The molecule has 0 amide bonds. The summed E-state index contributed by atoms with van der Waals surface area (Å²) >= 11 is 0. The fourth-order valence-electron chi connectivity index (χ4n) is 2.86. The Bertz CT molecular complexity index is 714. The van der Waals surface area contributed by atoms with Crippen molar-refractivity contribution in [2.75, 3.05) is 19.8 Å². The van der Waals surface area contributed by atoms with Crippen LogP contribution in [-0.2, 0) is 19.0 Å². The van der Waals surface area contributed by atoms with Crippen LogP contribution in [0.1, 0.15) is 58.8 Å². The summed E-state index contributed by atoms with van der Waals surface area (Å²) in [7, 11) is 0. The van der Waals surface area contributed by atoms with Crippen LogP contribution in [0.25, 0.3) is 0 Å². The van der Waals surface area contributed by atoms with Crippen molar-refractivity contribution < 1.29 is 19.0 Å². The molecular weight excluding hydrogens is 368 g/mol. The molecule has 0 bridgehead atoms. The average molecular weight is 401 g/mol. The van der Waals surface area contributed by atoms with Crippen molar-refractivity contribution in [2.24, 2.45) is 10.2 Å².